The first-order chi connectivity index (χ1) is 13.6. The minimum Gasteiger partial charge on any atom is -0.496 e. The average molecular weight is 380 g/mol. The van der Waals surface area contributed by atoms with E-state index < -0.39 is 11.6 Å². The molecule has 0 fully saturated rings. The highest BCUT2D eigenvalue weighted by molar-refractivity contribution is 5.96. The molecule has 0 aliphatic carbocycles. The Balaban J connectivity index is 1.98. The first kappa shape index (κ1) is 18.4. The summed E-state index contributed by atoms with van der Waals surface area (Å²) in [4.78, 5) is 3.19. The Hall–Kier alpha value is -2.92. The van der Waals surface area contributed by atoms with Gasteiger partial charge in [0.25, 0.3) is 0 Å². The van der Waals surface area contributed by atoms with Gasteiger partial charge in [0.2, 0.25) is 0 Å². The summed E-state index contributed by atoms with van der Waals surface area (Å²) in [6.07, 6.45) is 2.36. The lowest BCUT2D eigenvalue weighted by atomic mass is 9.97. The number of nitrogens with one attached hydrogen (secondary N) is 1. The van der Waals surface area contributed by atoms with Crippen LogP contribution in [0.25, 0.3) is 32.9 Å². The molecule has 3 aromatic carbocycles. The Morgan fingerprint density at radius 2 is 1.75 bits per heavy atom. The summed E-state index contributed by atoms with van der Waals surface area (Å²) < 4.78 is 34.0. The molecule has 0 bridgehead atoms. The number of aromatic amines is 1. The van der Waals surface area contributed by atoms with Crippen molar-refractivity contribution in [2.24, 2.45) is 5.73 Å². The summed E-state index contributed by atoms with van der Waals surface area (Å²) in [5.41, 5.74) is 8.43. The van der Waals surface area contributed by atoms with Crippen LogP contribution in [0, 0.1) is 11.6 Å². The van der Waals surface area contributed by atoms with Gasteiger partial charge in [-0.05, 0) is 60.3 Å². The number of hydrogen-bond acceptors (Lipinski definition) is 2. The van der Waals surface area contributed by atoms with Crippen molar-refractivity contribution in [1.29, 1.82) is 0 Å². The molecule has 0 atom stereocenters. The molecule has 5 heteroatoms. The lowest BCUT2D eigenvalue weighted by Crippen LogP contribution is -1.99. The fourth-order valence-electron chi connectivity index (χ4n) is 3.79. The second-order valence-corrected chi connectivity index (χ2v) is 6.93. The van der Waals surface area contributed by atoms with E-state index in [-0.39, 0.29) is 0 Å². The molecule has 0 radical (unpaired) electrons. The number of hydrogen-bond donors (Lipinski definition) is 2. The predicted molar refractivity (Wildman–Crippen MR) is 110 cm³/mol. The molecule has 3 nitrogen and oxygen atoms in total. The molecule has 4 aromatic rings. The first-order valence-corrected chi connectivity index (χ1v) is 9.39. The lowest BCUT2D eigenvalue weighted by Gasteiger charge is -2.12. The van der Waals surface area contributed by atoms with Gasteiger partial charge in [-0.25, -0.2) is 8.78 Å². The van der Waals surface area contributed by atoms with Crippen LogP contribution in [0.2, 0.25) is 0 Å². The minimum absolute atomic E-state index is 0.314. The Morgan fingerprint density at radius 3 is 2.46 bits per heavy atom. The van der Waals surface area contributed by atoms with Crippen LogP contribution in [0.15, 0.2) is 48.5 Å². The van der Waals surface area contributed by atoms with Crippen LogP contribution >= 0.6 is 0 Å². The fourth-order valence-corrected chi connectivity index (χ4v) is 3.79. The van der Waals surface area contributed by atoms with Gasteiger partial charge in [0.1, 0.15) is 17.4 Å². The third-order valence-electron chi connectivity index (χ3n) is 5.15. The van der Waals surface area contributed by atoms with Gasteiger partial charge in [-0.1, -0.05) is 24.3 Å². The Bertz CT molecular complexity index is 1150. The molecule has 3 N–H and O–H groups in total. The third kappa shape index (κ3) is 3.22. The number of aromatic nitrogens is 1. The number of fused-ring (bicyclic) bond motifs is 2. The van der Waals surface area contributed by atoms with Gasteiger partial charge in [0.15, 0.2) is 0 Å². The molecule has 0 saturated heterocycles. The van der Waals surface area contributed by atoms with Crippen molar-refractivity contribution in [1.82, 2.24) is 4.98 Å². The summed E-state index contributed by atoms with van der Waals surface area (Å²) in [7, 11) is 1.62. The van der Waals surface area contributed by atoms with Crippen LogP contribution < -0.4 is 10.5 Å². The van der Waals surface area contributed by atoms with E-state index in [9.17, 15) is 8.78 Å². The monoisotopic (exact) mass is 380 g/mol. The molecule has 0 spiro atoms. The van der Waals surface area contributed by atoms with E-state index in [0.29, 0.717) is 29.6 Å². The molecule has 0 amide bonds. The summed E-state index contributed by atoms with van der Waals surface area (Å²) in [5, 5.41) is 2.68. The number of aryl methyl sites for hydroxylation is 1. The number of unbranched alkanes of at least 4 members (excludes halogenated alkanes) is 1. The van der Waals surface area contributed by atoms with Crippen LogP contribution in [0.3, 0.4) is 0 Å². The number of methoxy groups -OCH3 is 1. The van der Waals surface area contributed by atoms with Gasteiger partial charge < -0.3 is 15.5 Å². The van der Waals surface area contributed by atoms with Crippen molar-refractivity contribution in [3.63, 3.8) is 0 Å². The van der Waals surface area contributed by atoms with E-state index >= 15 is 0 Å². The van der Waals surface area contributed by atoms with Gasteiger partial charge in [-0.2, -0.15) is 0 Å². The molecule has 0 unspecified atom stereocenters. The van der Waals surface area contributed by atoms with Gasteiger partial charge in [-0.15, -0.1) is 0 Å². The number of ether oxygens (including phenoxy) is 1. The van der Waals surface area contributed by atoms with E-state index in [1.165, 1.54) is 6.07 Å². The zero-order chi connectivity index (χ0) is 19.7. The van der Waals surface area contributed by atoms with Crippen LogP contribution in [0.1, 0.15) is 18.4 Å². The number of halogens is 2. The minimum atomic E-state index is -0.596. The topological polar surface area (TPSA) is 51.0 Å². The summed E-state index contributed by atoms with van der Waals surface area (Å²) in [6, 6.07) is 14.3. The molecule has 1 aromatic heterocycles. The molecule has 28 heavy (non-hydrogen) atoms. The third-order valence-corrected chi connectivity index (χ3v) is 5.15. The fraction of sp³-hybridized carbons (Fsp3) is 0.217. The van der Waals surface area contributed by atoms with Crippen molar-refractivity contribution in [3.05, 3.63) is 65.7 Å². The van der Waals surface area contributed by atoms with Crippen molar-refractivity contribution < 1.29 is 13.5 Å². The highest BCUT2D eigenvalue weighted by atomic mass is 19.1. The van der Waals surface area contributed by atoms with Crippen molar-refractivity contribution in [2.75, 3.05) is 13.7 Å². The van der Waals surface area contributed by atoms with Crippen LogP contribution in [0.4, 0.5) is 8.78 Å². The maximum absolute atomic E-state index is 14.5. The molecular weight excluding hydrogens is 358 g/mol. The van der Waals surface area contributed by atoms with E-state index in [2.05, 4.69) is 4.98 Å². The van der Waals surface area contributed by atoms with E-state index in [1.807, 2.05) is 36.4 Å². The van der Waals surface area contributed by atoms with E-state index in [1.54, 1.807) is 7.11 Å². The predicted octanol–water partition coefficient (Wildman–Crippen LogP) is 5.56. The van der Waals surface area contributed by atoms with E-state index in [4.69, 9.17) is 10.5 Å². The highest BCUT2D eigenvalue weighted by Crippen LogP contribution is 2.39. The van der Waals surface area contributed by atoms with Crippen LogP contribution in [-0.4, -0.2) is 18.6 Å². The molecule has 4 rings (SSSR count). The van der Waals surface area contributed by atoms with Crippen molar-refractivity contribution in [2.45, 2.75) is 19.3 Å². The van der Waals surface area contributed by atoms with Gasteiger partial charge in [0, 0.05) is 17.0 Å². The van der Waals surface area contributed by atoms with Crippen LogP contribution in [-0.2, 0) is 6.42 Å². The van der Waals surface area contributed by atoms with Crippen molar-refractivity contribution >= 4 is 21.7 Å². The lowest BCUT2D eigenvalue weighted by molar-refractivity contribution is 0.417. The number of benzene rings is 3. The second kappa shape index (κ2) is 7.60. The largest absolute Gasteiger partial charge is 0.496 e. The quantitative estimate of drug-likeness (QED) is 0.431. The van der Waals surface area contributed by atoms with Gasteiger partial charge in [-0.3, -0.25) is 0 Å². The standard InChI is InChI=1S/C23H22F2N2O/c1-28-21-11-15-7-3-2-6-14(15)10-19(21)22-17(8-4-5-9-26)18-12-16(24)13-20(25)23(18)27-22/h2-3,6-7,10-13,27H,4-5,8-9,26H2,1H3. The molecule has 144 valence electrons. The molecule has 1 heterocycles. The van der Waals surface area contributed by atoms with Crippen LogP contribution in [0.5, 0.6) is 5.75 Å². The average Bonchev–Trinajstić information content (AvgIpc) is 3.06. The smallest absolute Gasteiger partial charge is 0.150 e. The first-order valence-electron chi connectivity index (χ1n) is 9.39. The summed E-state index contributed by atoms with van der Waals surface area (Å²) in [5.74, 6) is -0.492. The summed E-state index contributed by atoms with van der Waals surface area (Å²) in [6.45, 7) is 0.583. The van der Waals surface area contributed by atoms with Gasteiger partial charge >= 0.3 is 0 Å². The highest BCUT2D eigenvalue weighted by Gasteiger charge is 2.19. The normalized spacial score (nSPS) is 11.4. The molecule has 0 saturated carbocycles. The SMILES string of the molecule is COc1cc2ccccc2cc1-c1[nH]c2c(F)cc(F)cc2c1CCCCN. The molecular formula is C23H22F2N2O. The number of H-pyrrole nitrogens is 1. The maximum atomic E-state index is 14.5. The maximum Gasteiger partial charge on any atom is 0.150 e. The Kier molecular flexibility index (Phi) is 5.01. The number of rotatable bonds is 6. The Labute approximate surface area is 162 Å². The second-order valence-electron chi connectivity index (χ2n) is 6.93. The number of nitrogens with two attached hydrogens (primary N) is 1. The zero-order valence-corrected chi connectivity index (χ0v) is 15.7. The zero-order valence-electron chi connectivity index (χ0n) is 15.7. The molecule has 0 aliphatic heterocycles. The molecule has 0 aliphatic rings. The van der Waals surface area contributed by atoms with E-state index in [0.717, 1.165) is 46.5 Å². The van der Waals surface area contributed by atoms with Crippen molar-refractivity contribution in [3.8, 4) is 17.0 Å². The Morgan fingerprint density at radius 1 is 1.00 bits per heavy atom. The van der Waals surface area contributed by atoms with Gasteiger partial charge in [0.05, 0.1) is 18.3 Å². The summed E-state index contributed by atoms with van der Waals surface area (Å²) >= 11 is 0.